The zero-order chi connectivity index (χ0) is 13.7. The Hall–Kier alpha value is -2.07. The molecular weight excluding hydrogens is 240 g/mol. The van der Waals surface area contributed by atoms with E-state index < -0.39 is 0 Å². The van der Waals surface area contributed by atoms with Crippen LogP contribution in [-0.2, 0) is 6.61 Å². The van der Waals surface area contributed by atoms with Crippen molar-refractivity contribution in [1.82, 2.24) is 4.98 Å². The normalized spacial score (nSPS) is 11.9. The van der Waals surface area contributed by atoms with Gasteiger partial charge in [0.25, 0.3) is 0 Å². The van der Waals surface area contributed by atoms with Gasteiger partial charge in [0.05, 0.1) is 19.8 Å². The molecule has 0 amide bonds. The second kappa shape index (κ2) is 6.20. The number of nitrogens with zero attached hydrogens (tertiary/aromatic N) is 1. The second-order valence-corrected chi connectivity index (χ2v) is 4.34. The SMILES string of the molecule is COc1ccc(NC(C)c2cccnc2)cc1CO. The molecule has 0 aliphatic rings. The van der Waals surface area contributed by atoms with Gasteiger partial charge in [-0.1, -0.05) is 6.07 Å². The molecule has 19 heavy (non-hydrogen) atoms. The van der Waals surface area contributed by atoms with Gasteiger partial charge in [0.2, 0.25) is 0 Å². The fourth-order valence-corrected chi connectivity index (χ4v) is 1.96. The second-order valence-electron chi connectivity index (χ2n) is 4.34. The summed E-state index contributed by atoms with van der Waals surface area (Å²) in [5.74, 6) is 0.696. The van der Waals surface area contributed by atoms with E-state index in [2.05, 4.69) is 17.2 Å². The monoisotopic (exact) mass is 258 g/mol. The maximum absolute atomic E-state index is 9.31. The van der Waals surface area contributed by atoms with Crippen LogP contribution in [0.5, 0.6) is 5.75 Å². The van der Waals surface area contributed by atoms with Gasteiger partial charge in [-0.25, -0.2) is 0 Å². The molecule has 100 valence electrons. The van der Waals surface area contributed by atoms with Crippen molar-refractivity contribution in [2.45, 2.75) is 19.6 Å². The molecule has 0 aliphatic carbocycles. The summed E-state index contributed by atoms with van der Waals surface area (Å²) in [5.41, 5.74) is 2.83. The van der Waals surface area contributed by atoms with E-state index >= 15 is 0 Å². The summed E-state index contributed by atoms with van der Waals surface area (Å²) in [6.45, 7) is 2.03. The van der Waals surface area contributed by atoms with Crippen LogP contribution in [-0.4, -0.2) is 17.2 Å². The van der Waals surface area contributed by atoms with Crippen molar-refractivity contribution in [3.05, 3.63) is 53.9 Å². The Morgan fingerprint density at radius 2 is 2.21 bits per heavy atom. The summed E-state index contributed by atoms with van der Waals surface area (Å²) in [5, 5.41) is 12.7. The topological polar surface area (TPSA) is 54.4 Å². The zero-order valence-corrected chi connectivity index (χ0v) is 11.1. The lowest BCUT2D eigenvalue weighted by molar-refractivity contribution is 0.274. The summed E-state index contributed by atoms with van der Waals surface area (Å²) in [4.78, 5) is 4.11. The van der Waals surface area contributed by atoms with E-state index in [4.69, 9.17) is 4.74 Å². The summed E-state index contributed by atoms with van der Waals surface area (Å²) < 4.78 is 5.18. The fourth-order valence-electron chi connectivity index (χ4n) is 1.96. The Kier molecular flexibility index (Phi) is 4.36. The molecular formula is C15H18N2O2. The third-order valence-electron chi connectivity index (χ3n) is 3.02. The van der Waals surface area contributed by atoms with E-state index in [-0.39, 0.29) is 12.6 Å². The largest absolute Gasteiger partial charge is 0.496 e. The molecule has 1 atom stereocenters. The van der Waals surface area contributed by atoms with Crippen LogP contribution in [0.15, 0.2) is 42.7 Å². The summed E-state index contributed by atoms with van der Waals surface area (Å²) in [7, 11) is 1.60. The first-order valence-corrected chi connectivity index (χ1v) is 6.19. The van der Waals surface area contributed by atoms with Gasteiger partial charge in [0.1, 0.15) is 5.75 Å². The number of anilines is 1. The predicted octanol–water partition coefficient (Wildman–Crippen LogP) is 2.76. The van der Waals surface area contributed by atoms with Gasteiger partial charge < -0.3 is 15.2 Å². The van der Waals surface area contributed by atoms with Crippen LogP contribution < -0.4 is 10.1 Å². The molecule has 0 saturated carbocycles. The summed E-state index contributed by atoms with van der Waals surface area (Å²) in [6.07, 6.45) is 3.60. The van der Waals surface area contributed by atoms with Gasteiger partial charge in [-0.15, -0.1) is 0 Å². The van der Waals surface area contributed by atoms with Crippen molar-refractivity contribution < 1.29 is 9.84 Å². The van der Waals surface area contributed by atoms with Crippen LogP contribution in [0.4, 0.5) is 5.69 Å². The first-order chi connectivity index (χ1) is 9.24. The fraction of sp³-hybridized carbons (Fsp3) is 0.267. The van der Waals surface area contributed by atoms with Gasteiger partial charge in [-0.2, -0.15) is 0 Å². The van der Waals surface area contributed by atoms with Gasteiger partial charge in [-0.05, 0) is 36.8 Å². The van der Waals surface area contributed by atoms with Crippen molar-refractivity contribution in [2.24, 2.45) is 0 Å². The van der Waals surface area contributed by atoms with Crippen LogP contribution in [0.25, 0.3) is 0 Å². The Balaban J connectivity index is 2.15. The molecule has 0 bridgehead atoms. The number of aliphatic hydroxyl groups is 1. The highest BCUT2D eigenvalue weighted by Crippen LogP contribution is 2.25. The molecule has 0 fully saturated rings. The van der Waals surface area contributed by atoms with Crippen LogP contribution in [0.2, 0.25) is 0 Å². The van der Waals surface area contributed by atoms with Crippen molar-refractivity contribution in [2.75, 3.05) is 12.4 Å². The number of pyridine rings is 1. The molecule has 4 heteroatoms. The minimum absolute atomic E-state index is 0.0417. The quantitative estimate of drug-likeness (QED) is 0.866. The molecule has 1 heterocycles. The lowest BCUT2D eigenvalue weighted by Gasteiger charge is -2.16. The number of benzene rings is 1. The molecule has 0 saturated heterocycles. The molecule has 1 aromatic heterocycles. The van der Waals surface area contributed by atoms with Crippen molar-refractivity contribution in [1.29, 1.82) is 0 Å². The van der Waals surface area contributed by atoms with Crippen LogP contribution in [0.3, 0.4) is 0 Å². The van der Waals surface area contributed by atoms with E-state index in [0.717, 1.165) is 16.8 Å². The molecule has 0 aliphatic heterocycles. The van der Waals surface area contributed by atoms with Crippen molar-refractivity contribution in [3.8, 4) is 5.75 Å². The standard InChI is InChI=1S/C15H18N2O2/c1-11(12-4-3-7-16-9-12)17-14-5-6-15(19-2)13(8-14)10-18/h3-9,11,17-18H,10H2,1-2H3. The van der Waals surface area contributed by atoms with Gasteiger partial charge in [0, 0.05) is 23.6 Å². The molecule has 2 aromatic rings. The number of methoxy groups -OCH3 is 1. The maximum atomic E-state index is 9.31. The number of aromatic nitrogens is 1. The average molecular weight is 258 g/mol. The average Bonchev–Trinajstić information content (AvgIpc) is 2.48. The van der Waals surface area contributed by atoms with E-state index in [0.29, 0.717) is 5.75 Å². The van der Waals surface area contributed by atoms with Crippen molar-refractivity contribution >= 4 is 5.69 Å². The lowest BCUT2D eigenvalue weighted by atomic mass is 10.1. The Labute approximate surface area is 113 Å². The third-order valence-corrected chi connectivity index (χ3v) is 3.02. The van der Waals surface area contributed by atoms with Crippen LogP contribution in [0, 0.1) is 0 Å². The van der Waals surface area contributed by atoms with Crippen LogP contribution in [0.1, 0.15) is 24.1 Å². The summed E-state index contributed by atoms with van der Waals surface area (Å²) >= 11 is 0. The maximum Gasteiger partial charge on any atom is 0.124 e. The number of aliphatic hydroxyl groups excluding tert-OH is 1. The smallest absolute Gasteiger partial charge is 0.124 e. The molecule has 0 spiro atoms. The highest BCUT2D eigenvalue weighted by Gasteiger charge is 2.07. The minimum atomic E-state index is -0.0417. The Morgan fingerprint density at radius 3 is 2.84 bits per heavy atom. The lowest BCUT2D eigenvalue weighted by Crippen LogP contribution is -2.07. The first-order valence-electron chi connectivity index (χ1n) is 6.19. The number of rotatable bonds is 5. The minimum Gasteiger partial charge on any atom is -0.496 e. The molecule has 4 nitrogen and oxygen atoms in total. The predicted molar refractivity (Wildman–Crippen MR) is 75.2 cm³/mol. The molecule has 2 rings (SSSR count). The Bertz CT molecular complexity index is 529. The highest BCUT2D eigenvalue weighted by atomic mass is 16.5. The number of ether oxygens (including phenoxy) is 1. The molecule has 2 N–H and O–H groups in total. The van der Waals surface area contributed by atoms with Gasteiger partial charge >= 0.3 is 0 Å². The van der Waals surface area contributed by atoms with Crippen LogP contribution >= 0.6 is 0 Å². The third kappa shape index (κ3) is 3.23. The highest BCUT2D eigenvalue weighted by molar-refractivity contribution is 5.52. The zero-order valence-electron chi connectivity index (χ0n) is 11.1. The van der Waals surface area contributed by atoms with E-state index in [1.165, 1.54) is 0 Å². The Morgan fingerprint density at radius 1 is 1.37 bits per heavy atom. The first kappa shape index (κ1) is 13.4. The molecule has 1 aromatic carbocycles. The molecule has 0 radical (unpaired) electrons. The number of hydrogen-bond acceptors (Lipinski definition) is 4. The van der Waals surface area contributed by atoms with Gasteiger partial charge in [0.15, 0.2) is 0 Å². The van der Waals surface area contributed by atoms with E-state index in [1.54, 1.807) is 13.3 Å². The van der Waals surface area contributed by atoms with E-state index in [9.17, 15) is 5.11 Å². The summed E-state index contributed by atoms with van der Waals surface area (Å²) in [6, 6.07) is 9.77. The van der Waals surface area contributed by atoms with Crippen molar-refractivity contribution in [3.63, 3.8) is 0 Å². The van der Waals surface area contributed by atoms with Gasteiger partial charge in [-0.3, -0.25) is 4.98 Å². The number of hydrogen-bond donors (Lipinski definition) is 2. The molecule has 1 unspecified atom stereocenters. The number of nitrogens with one attached hydrogen (secondary N) is 1. The van der Waals surface area contributed by atoms with E-state index in [1.807, 2.05) is 36.5 Å².